The Kier molecular flexibility index (Phi) is 5.27. The standard InChI is InChI=1S/C15H23N3O2/c1-5-12(16)14(20)17-11-8-6-10(7-9-11)13(19)18-15(2,3)4/h6-9,12H,5,16H2,1-4H3,(H,17,20)(H,18,19)/t12-/m1/s1. The maximum absolute atomic E-state index is 11.9. The summed E-state index contributed by atoms with van der Waals surface area (Å²) in [6, 6.07) is 6.22. The van der Waals surface area contributed by atoms with Crippen LogP contribution in [0.2, 0.25) is 0 Å². The van der Waals surface area contributed by atoms with E-state index in [0.29, 0.717) is 17.7 Å². The summed E-state index contributed by atoms with van der Waals surface area (Å²) in [7, 11) is 0. The van der Waals surface area contributed by atoms with Gasteiger partial charge in [-0.2, -0.15) is 0 Å². The maximum Gasteiger partial charge on any atom is 0.251 e. The van der Waals surface area contributed by atoms with Gasteiger partial charge < -0.3 is 16.4 Å². The van der Waals surface area contributed by atoms with E-state index in [1.807, 2.05) is 27.7 Å². The number of nitrogens with one attached hydrogen (secondary N) is 2. The lowest BCUT2D eigenvalue weighted by atomic mass is 10.1. The van der Waals surface area contributed by atoms with E-state index in [1.54, 1.807) is 24.3 Å². The molecule has 0 aliphatic carbocycles. The fraction of sp³-hybridized carbons (Fsp3) is 0.467. The molecule has 5 nitrogen and oxygen atoms in total. The zero-order chi connectivity index (χ0) is 15.3. The number of amides is 2. The molecule has 0 aliphatic rings. The topological polar surface area (TPSA) is 84.2 Å². The van der Waals surface area contributed by atoms with Gasteiger partial charge in [0.2, 0.25) is 5.91 Å². The van der Waals surface area contributed by atoms with E-state index in [9.17, 15) is 9.59 Å². The summed E-state index contributed by atoms with van der Waals surface area (Å²) in [4.78, 5) is 23.6. The Morgan fingerprint density at radius 3 is 2.20 bits per heavy atom. The molecule has 5 heteroatoms. The van der Waals surface area contributed by atoms with E-state index < -0.39 is 6.04 Å². The van der Waals surface area contributed by atoms with Crippen molar-refractivity contribution in [2.75, 3.05) is 5.32 Å². The van der Waals surface area contributed by atoms with Crippen molar-refractivity contribution in [3.8, 4) is 0 Å². The van der Waals surface area contributed by atoms with Crippen LogP contribution in [-0.4, -0.2) is 23.4 Å². The van der Waals surface area contributed by atoms with Crippen LogP contribution < -0.4 is 16.4 Å². The van der Waals surface area contributed by atoms with Gasteiger partial charge in [0.05, 0.1) is 6.04 Å². The van der Waals surface area contributed by atoms with Gasteiger partial charge in [0, 0.05) is 16.8 Å². The first-order valence-corrected chi connectivity index (χ1v) is 6.72. The van der Waals surface area contributed by atoms with Crippen LogP contribution in [0.15, 0.2) is 24.3 Å². The molecule has 1 aromatic rings. The number of rotatable bonds is 4. The zero-order valence-electron chi connectivity index (χ0n) is 12.5. The quantitative estimate of drug-likeness (QED) is 0.785. The summed E-state index contributed by atoms with van der Waals surface area (Å²) in [5.74, 6) is -0.361. The van der Waals surface area contributed by atoms with Gasteiger partial charge in [0.15, 0.2) is 0 Å². The summed E-state index contributed by atoms with van der Waals surface area (Å²) in [5.41, 5.74) is 6.54. The van der Waals surface area contributed by atoms with Crippen LogP contribution in [-0.2, 0) is 4.79 Å². The highest BCUT2D eigenvalue weighted by Gasteiger charge is 2.15. The van der Waals surface area contributed by atoms with Crippen molar-refractivity contribution in [2.45, 2.75) is 45.7 Å². The molecule has 0 saturated carbocycles. The van der Waals surface area contributed by atoms with Gasteiger partial charge in [0.25, 0.3) is 5.91 Å². The third kappa shape index (κ3) is 5.01. The predicted molar refractivity (Wildman–Crippen MR) is 80.6 cm³/mol. The first-order chi connectivity index (χ1) is 9.23. The SMILES string of the molecule is CC[C@@H](N)C(=O)Nc1ccc(C(=O)NC(C)(C)C)cc1. The van der Waals surface area contributed by atoms with Crippen molar-refractivity contribution < 1.29 is 9.59 Å². The normalized spacial score (nSPS) is 12.7. The van der Waals surface area contributed by atoms with Gasteiger partial charge in [-0.25, -0.2) is 0 Å². The lowest BCUT2D eigenvalue weighted by Crippen LogP contribution is -2.40. The Hall–Kier alpha value is -1.88. The second kappa shape index (κ2) is 6.52. The number of anilines is 1. The molecule has 0 radical (unpaired) electrons. The average molecular weight is 277 g/mol. The molecule has 0 bridgehead atoms. The molecule has 0 spiro atoms. The van der Waals surface area contributed by atoms with Gasteiger partial charge in [-0.05, 0) is 51.5 Å². The second-order valence-corrected chi connectivity index (χ2v) is 5.79. The van der Waals surface area contributed by atoms with Gasteiger partial charge >= 0.3 is 0 Å². The molecule has 0 aliphatic heterocycles. The Balaban J connectivity index is 2.69. The summed E-state index contributed by atoms with van der Waals surface area (Å²) in [5, 5.41) is 5.59. The zero-order valence-corrected chi connectivity index (χ0v) is 12.5. The second-order valence-electron chi connectivity index (χ2n) is 5.79. The summed E-state index contributed by atoms with van der Waals surface area (Å²) < 4.78 is 0. The molecule has 1 rings (SSSR count). The predicted octanol–water partition coefficient (Wildman–Crippen LogP) is 1.89. The molecule has 0 aromatic heterocycles. The van der Waals surface area contributed by atoms with Crippen molar-refractivity contribution in [1.29, 1.82) is 0 Å². The van der Waals surface area contributed by atoms with Crippen molar-refractivity contribution in [2.24, 2.45) is 5.73 Å². The maximum atomic E-state index is 11.9. The molecule has 4 N–H and O–H groups in total. The lowest BCUT2D eigenvalue weighted by Gasteiger charge is -2.20. The monoisotopic (exact) mass is 277 g/mol. The molecule has 0 saturated heterocycles. The first kappa shape index (κ1) is 16.2. The van der Waals surface area contributed by atoms with Crippen molar-refractivity contribution >= 4 is 17.5 Å². The molecule has 2 amide bonds. The van der Waals surface area contributed by atoms with E-state index in [0.717, 1.165) is 0 Å². The Bertz CT molecular complexity index is 475. The van der Waals surface area contributed by atoms with E-state index in [2.05, 4.69) is 10.6 Å². The first-order valence-electron chi connectivity index (χ1n) is 6.72. The molecular formula is C15H23N3O2. The highest BCUT2D eigenvalue weighted by Crippen LogP contribution is 2.11. The van der Waals surface area contributed by atoms with Crippen LogP contribution in [0.3, 0.4) is 0 Å². The van der Waals surface area contributed by atoms with Crippen LogP contribution in [0.25, 0.3) is 0 Å². The van der Waals surface area contributed by atoms with Crippen molar-refractivity contribution in [1.82, 2.24) is 5.32 Å². The van der Waals surface area contributed by atoms with Crippen molar-refractivity contribution in [3.05, 3.63) is 29.8 Å². The minimum atomic E-state index is -0.515. The van der Waals surface area contributed by atoms with Crippen LogP contribution in [0, 0.1) is 0 Å². The summed E-state index contributed by atoms with van der Waals surface area (Å²) in [6.07, 6.45) is 0.581. The molecule has 0 fully saturated rings. The Morgan fingerprint density at radius 1 is 1.20 bits per heavy atom. The van der Waals surface area contributed by atoms with Gasteiger partial charge in [-0.15, -0.1) is 0 Å². The number of hydrogen-bond acceptors (Lipinski definition) is 3. The third-order valence-electron chi connectivity index (χ3n) is 2.68. The smallest absolute Gasteiger partial charge is 0.251 e. The van der Waals surface area contributed by atoms with Crippen LogP contribution >= 0.6 is 0 Å². The van der Waals surface area contributed by atoms with Crippen LogP contribution in [0.5, 0.6) is 0 Å². The minimum absolute atomic E-state index is 0.138. The number of hydrogen-bond donors (Lipinski definition) is 3. The van der Waals surface area contributed by atoms with Crippen LogP contribution in [0.1, 0.15) is 44.5 Å². The molecule has 0 unspecified atom stereocenters. The van der Waals surface area contributed by atoms with E-state index in [1.165, 1.54) is 0 Å². The lowest BCUT2D eigenvalue weighted by molar-refractivity contribution is -0.117. The minimum Gasteiger partial charge on any atom is -0.347 e. The van der Waals surface area contributed by atoms with E-state index in [4.69, 9.17) is 5.73 Å². The van der Waals surface area contributed by atoms with Gasteiger partial charge in [0.1, 0.15) is 0 Å². The summed E-state index contributed by atoms with van der Waals surface area (Å²) in [6.45, 7) is 7.62. The Morgan fingerprint density at radius 2 is 1.75 bits per heavy atom. The molecule has 110 valence electrons. The Labute approximate surface area is 119 Å². The molecule has 1 aromatic carbocycles. The molecule has 0 heterocycles. The largest absolute Gasteiger partial charge is 0.347 e. The fourth-order valence-electron chi connectivity index (χ4n) is 1.54. The van der Waals surface area contributed by atoms with Crippen molar-refractivity contribution in [3.63, 3.8) is 0 Å². The highest BCUT2D eigenvalue weighted by molar-refractivity contribution is 5.97. The number of carbonyl (C=O) groups is 2. The van der Waals surface area contributed by atoms with E-state index >= 15 is 0 Å². The molecule has 20 heavy (non-hydrogen) atoms. The van der Waals surface area contributed by atoms with Crippen LogP contribution in [0.4, 0.5) is 5.69 Å². The van der Waals surface area contributed by atoms with E-state index in [-0.39, 0.29) is 17.4 Å². The number of carbonyl (C=O) groups excluding carboxylic acids is 2. The molecule has 1 atom stereocenters. The number of benzene rings is 1. The fourth-order valence-corrected chi connectivity index (χ4v) is 1.54. The molecular weight excluding hydrogens is 254 g/mol. The average Bonchev–Trinajstić information content (AvgIpc) is 2.36. The summed E-state index contributed by atoms with van der Waals surface area (Å²) >= 11 is 0. The highest BCUT2D eigenvalue weighted by atomic mass is 16.2. The number of nitrogens with two attached hydrogens (primary N) is 1. The van der Waals surface area contributed by atoms with Gasteiger partial charge in [-0.1, -0.05) is 6.92 Å². The third-order valence-corrected chi connectivity index (χ3v) is 2.68. The van der Waals surface area contributed by atoms with Gasteiger partial charge in [-0.3, -0.25) is 9.59 Å².